The SMILES string of the molecule is [Cl][Al]([Cl])[O]C1(Br)C(Br)C(Cl)(Oc2ccccc2)C(Cl)(Br)C(Cl)(Br)C1(Cl)Br. The molecule has 6 unspecified atom stereocenters. The van der Waals surface area contributed by atoms with Crippen molar-refractivity contribution in [3.05, 3.63) is 30.3 Å². The van der Waals surface area contributed by atoms with E-state index in [4.69, 9.17) is 75.0 Å². The molecule has 1 aromatic rings. The van der Waals surface area contributed by atoms with Crippen molar-refractivity contribution in [1.82, 2.24) is 0 Å². The van der Waals surface area contributed by atoms with Crippen LogP contribution in [0.1, 0.15) is 0 Å². The number of hydrogen-bond donors (Lipinski definition) is 0. The lowest BCUT2D eigenvalue weighted by Crippen LogP contribution is -2.79. The summed E-state index contributed by atoms with van der Waals surface area (Å²) < 4.78 is 5.35. The van der Waals surface area contributed by atoms with Crippen molar-refractivity contribution in [2.75, 3.05) is 0 Å². The summed E-state index contributed by atoms with van der Waals surface area (Å²) in [4.78, 5) is -0.907. The van der Waals surface area contributed by atoms with Crippen molar-refractivity contribution in [3.8, 4) is 5.75 Å². The van der Waals surface area contributed by atoms with Gasteiger partial charge in [-0.25, -0.2) is 0 Å². The molecule has 1 aliphatic rings. The normalized spacial score (nSPS) is 46.0. The maximum absolute atomic E-state index is 6.91. The molecule has 0 heterocycles. The first-order valence-electron chi connectivity index (χ1n) is 6.50. The van der Waals surface area contributed by atoms with E-state index in [9.17, 15) is 0 Å². The van der Waals surface area contributed by atoms with Crippen LogP contribution in [-0.4, -0.2) is 38.4 Å². The summed E-state index contributed by atoms with van der Waals surface area (Å²) in [6, 6.07) is 8.81. The van der Waals surface area contributed by atoms with Crippen LogP contribution in [-0.2, 0) is 3.79 Å². The summed E-state index contributed by atoms with van der Waals surface area (Å²) in [5.74, 6) is 0.438. The topological polar surface area (TPSA) is 18.5 Å². The van der Waals surface area contributed by atoms with Crippen molar-refractivity contribution in [2.45, 2.75) is 25.7 Å². The Bertz CT molecular complexity index is 669. The predicted molar refractivity (Wildman–Crippen MR) is 131 cm³/mol. The van der Waals surface area contributed by atoms with E-state index in [1.165, 1.54) is 0 Å². The zero-order chi connectivity index (χ0) is 20.2. The first kappa shape index (κ1) is 25.9. The van der Waals surface area contributed by atoms with Crippen LogP contribution in [0.3, 0.4) is 0 Å². The molecule has 0 aromatic heterocycles. The molecule has 14 heteroatoms. The van der Waals surface area contributed by atoms with Crippen molar-refractivity contribution in [2.24, 2.45) is 0 Å². The molecule has 1 aliphatic carbocycles. The van der Waals surface area contributed by atoms with Gasteiger partial charge in [0, 0.05) is 0 Å². The summed E-state index contributed by atoms with van der Waals surface area (Å²) in [7, 11) is 12.0. The maximum atomic E-state index is 6.91. The Kier molecular flexibility index (Phi) is 8.86. The fourth-order valence-corrected chi connectivity index (χ4v) is 12.0. The number of ether oxygens (including phenoxy) is 1. The van der Waals surface area contributed by atoms with Crippen molar-refractivity contribution >= 4 is 159 Å². The second-order valence-electron chi connectivity index (χ2n) is 5.17. The predicted octanol–water partition coefficient (Wildman–Crippen LogP) is 8.34. The molecule has 2 nitrogen and oxygen atoms in total. The smallest absolute Gasteiger partial charge is 0.468 e. The highest BCUT2D eigenvalue weighted by atomic mass is 79.9. The van der Waals surface area contributed by atoms with Gasteiger partial charge >= 0.3 is 12.6 Å². The van der Waals surface area contributed by atoms with Crippen LogP contribution in [0.2, 0.25) is 0 Å². The maximum Gasteiger partial charge on any atom is 0.726 e. The number of halogens is 11. The summed E-state index contributed by atoms with van der Waals surface area (Å²) in [6.45, 7) is 0. The number of benzene rings is 1. The standard InChI is InChI=1S/C12H6Br5Cl4O2.Al.2ClH/c13-7-8(14,22)10(15,19)12(17,21)11(16,20)9(7,18)23-6-4-2-1-3-5-6;;;/h1-5,7H;;2*1H/q-1;+3;;/p-2. The molecule has 26 heavy (non-hydrogen) atoms. The first-order valence-corrected chi connectivity index (χ1v) is 16.1. The van der Waals surface area contributed by atoms with Crippen LogP contribution in [0.25, 0.3) is 0 Å². The fraction of sp³-hybridized carbons (Fsp3) is 0.500. The molecule has 0 bridgehead atoms. The van der Waals surface area contributed by atoms with Gasteiger partial charge < -0.3 is 8.53 Å². The zero-order valence-corrected chi connectivity index (χ0v) is 25.6. The van der Waals surface area contributed by atoms with E-state index in [0.29, 0.717) is 5.75 Å². The highest BCUT2D eigenvalue weighted by Crippen LogP contribution is 2.74. The third kappa shape index (κ3) is 4.05. The number of hydrogen-bond acceptors (Lipinski definition) is 2. The Balaban J connectivity index is 2.67. The molecule has 1 aromatic carbocycles. The second-order valence-corrected chi connectivity index (χ2v) is 18.3. The minimum absolute atomic E-state index is 0.438. The van der Waals surface area contributed by atoms with Crippen molar-refractivity contribution in [3.63, 3.8) is 0 Å². The van der Waals surface area contributed by atoms with Gasteiger partial charge in [-0.3, -0.25) is 0 Å². The Labute approximate surface area is 225 Å². The Morgan fingerprint density at radius 3 is 1.81 bits per heavy atom. The van der Waals surface area contributed by atoms with Gasteiger partial charge in [0.05, 0.1) is 0 Å². The molecule has 1 saturated carbocycles. The summed E-state index contributed by atoms with van der Waals surface area (Å²) in [6.07, 6.45) is 0. The van der Waals surface area contributed by atoms with E-state index >= 15 is 0 Å². The van der Waals surface area contributed by atoms with Gasteiger partial charge in [-0.1, -0.05) is 133 Å². The largest absolute Gasteiger partial charge is 0.726 e. The van der Waals surface area contributed by atoms with Gasteiger partial charge in [-0.15, -0.1) is 11.6 Å². The highest BCUT2D eigenvalue weighted by Gasteiger charge is 2.83. The Morgan fingerprint density at radius 2 is 1.35 bits per heavy atom. The third-order valence-electron chi connectivity index (χ3n) is 3.57. The van der Waals surface area contributed by atoms with Crippen LogP contribution in [0.15, 0.2) is 30.3 Å². The molecule has 2 rings (SSSR count). The van der Waals surface area contributed by atoms with Gasteiger partial charge in [-0.05, 0) is 12.1 Å². The van der Waals surface area contributed by atoms with E-state index in [1.807, 2.05) is 6.07 Å². The average Bonchev–Trinajstić information content (AvgIpc) is 2.52. The zero-order valence-electron chi connectivity index (χ0n) is 12.0. The quantitative estimate of drug-likeness (QED) is 0.225. The lowest BCUT2D eigenvalue weighted by Gasteiger charge is -2.62. The molecule has 1 fully saturated rings. The second kappa shape index (κ2) is 8.89. The van der Waals surface area contributed by atoms with Crippen LogP contribution in [0.5, 0.6) is 5.75 Å². The fourth-order valence-electron chi connectivity index (χ4n) is 2.22. The Hall–Kier alpha value is 3.65. The van der Waals surface area contributed by atoms with E-state index in [0.717, 1.165) is 0 Å². The average molecular weight is 821 g/mol. The highest BCUT2D eigenvalue weighted by molar-refractivity contribution is 9.16. The van der Waals surface area contributed by atoms with E-state index < -0.39 is 38.4 Å². The molecule has 0 spiro atoms. The molecule has 0 saturated heterocycles. The van der Waals surface area contributed by atoms with E-state index in [1.54, 1.807) is 24.3 Å². The summed E-state index contributed by atoms with van der Waals surface area (Å²) in [5, 5.41) is -1.74. The first-order chi connectivity index (χ1) is 11.6. The number of para-hydroxylation sites is 1. The van der Waals surface area contributed by atoms with Gasteiger partial charge in [0.2, 0.25) is 5.06 Å². The van der Waals surface area contributed by atoms with Gasteiger partial charge in [0.25, 0.3) is 0 Å². The molecule has 0 amide bonds. The lowest BCUT2D eigenvalue weighted by molar-refractivity contribution is 0.0306. The van der Waals surface area contributed by atoms with E-state index in [2.05, 4.69) is 79.6 Å². The molecule has 0 N–H and O–H groups in total. The summed E-state index contributed by atoms with van der Waals surface area (Å²) in [5.41, 5.74) is 0. The van der Waals surface area contributed by atoms with Crippen LogP contribution >= 0.6 is 146 Å². The summed E-state index contributed by atoms with van der Waals surface area (Å²) >= 11 is 41.5. The third-order valence-corrected chi connectivity index (χ3v) is 17.5. The van der Waals surface area contributed by atoms with Crippen LogP contribution in [0, 0.1) is 0 Å². The van der Waals surface area contributed by atoms with Crippen LogP contribution < -0.4 is 4.74 Å². The minimum atomic E-state index is -2.67. The van der Waals surface area contributed by atoms with Gasteiger partial charge in [0.1, 0.15) is 15.1 Å². The van der Waals surface area contributed by atoms with Crippen molar-refractivity contribution < 1.29 is 8.53 Å². The Morgan fingerprint density at radius 1 is 0.846 bits per heavy atom. The van der Waals surface area contributed by atoms with E-state index in [-0.39, 0.29) is 0 Å². The van der Waals surface area contributed by atoms with Crippen LogP contribution in [0.4, 0.5) is 0 Å². The molecular weight excluding hydrogens is 815 g/mol. The van der Waals surface area contributed by atoms with Crippen molar-refractivity contribution in [1.29, 1.82) is 0 Å². The number of rotatable bonds is 4. The van der Waals surface area contributed by atoms with Gasteiger partial charge in [-0.2, -0.15) is 20.1 Å². The molecular formula is C12H6AlBr5Cl6O2. The molecule has 146 valence electrons. The molecule has 0 radical (unpaired) electrons. The molecule has 6 atom stereocenters. The minimum Gasteiger partial charge on any atom is -0.468 e. The van der Waals surface area contributed by atoms with Gasteiger partial charge in [0.15, 0.2) is 11.4 Å². The monoisotopic (exact) mass is 813 g/mol. The molecule has 0 aliphatic heterocycles. The number of alkyl halides is 9. The lowest BCUT2D eigenvalue weighted by atomic mass is 9.91.